The van der Waals surface area contributed by atoms with Crippen LogP contribution in [0.3, 0.4) is 0 Å². The van der Waals surface area contributed by atoms with Crippen molar-refractivity contribution in [3.05, 3.63) is 35.7 Å². The van der Waals surface area contributed by atoms with Crippen molar-refractivity contribution in [3.8, 4) is 11.4 Å². The molecule has 0 aliphatic heterocycles. The van der Waals surface area contributed by atoms with Gasteiger partial charge in [-0.05, 0) is 39.2 Å². The van der Waals surface area contributed by atoms with Gasteiger partial charge in [0.05, 0.1) is 0 Å². The largest absolute Gasteiger partial charge is 0.444 e. The number of benzene rings is 1. The summed E-state index contributed by atoms with van der Waals surface area (Å²) in [7, 11) is 0. The number of unbranched alkanes of at least 4 members (excludes halogenated alkanes) is 7. The summed E-state index contributed by atoms with van der Waals surface area (Å²) < 4.78 is 10.2. The molecule has 0 atom stereocenters. The van der Waals surface area contributed by atoms with Crippen LogP contribution in [0.25, 0.3) is 11.4 Å². The highest BCUT2D eigenvalue weighted by molar-refractivity contribution is 5.89. The number of aromatic nitrogens is 2. The number of rotatable bonds is 14. The Morgan fingerprint density at radius 3 is 2.18 bits per heavy atom. The van der Waals surface area contributed by atoms with Gasteiger partial charge >= 0.3 is 17.9 Å². The van der Waals surface area contributed by atoms with Crippen LogP contribution in [-0.4, -0.2) is 40.8 Å². The number of alkyl carbamates (subject to hydrolysis) is 1. The van der Waals surface area contributed by atoms with Crippen LogP contribution < -0.4 is 10.6 Å². The van der Waals surface area contributed by atoms with Crippen LogP contribution in [0.5, 0.6) is 0 Å². The molecular formula is C26H40N4O4. The minimum absolute atomic E-state index is 0.115. The SMILES string of the molecule is CCCCCCCCCCc1ccc(-c2noc(C(=O)NCCNC(=O)OC(C)(C)C)n2)cc1. The first-order chi connectivity index (χ1) is 16.3. The molecule has 1 heterocycles. The number of amides is 2. The van der Waals surface area contributed by atoms with Crippen molar-refractivity contribution in [2.75, 3.05) is 13.1 Å². The second kappa shape index (κ2) is 14.4. The van der Waals surface area contributed by atoms with Crippen molar-refractivity contribution < 1.29 is 18.8 Å². The first-order valence-corrected chi connectivity index (χ1v) is 12.5. The van der Waals surface area contributed by atoms with E-state index in [4.69, 9.17) is 9.26 Å². The number of nitrogens with one attached hydrogen (secondary N) is 2. The Kier molecular flexibility index (Phi) is 11.6. The van der Waals surface area contributed by atoms with E-state index in [0.717, 1.165) is 12.0 Å². The van der Waals surface area contributed by atoms with E-state index in [1.165, 1.54) is 56.9 Å². The Morgan fingerprint density at radius 2 is 1.53 bits per heavy atom. The summed E-state index contributed by atoms with van der Waals surface area (Å²) in [5.41, 5.74) is 1.52. The lowest BCUT2D eigenvalue weighted by Gasteiger charge is -2.19. The molecule has 0 aliphatic carbocycles. The molecule has 2 N–H and O–H groups in total. The van der Waals surface area contributed by atoms with E-state index in [-0.39, 0.29) is 19.0 Å². The predicted molar refractivity (Wildman–Crippen MR) is 133 cm³/mol. The Balaban J connectivity index is 1.69. The van der Waals surface area contributed by atoms with Gasteiger partial charge in [-0.3, -0.25) is 4.79 Å². The van der Waals surface area contributed by atoms with E-state index in [9.17, 15) is 9.59 Å². The molecule has 2 aromatic rings. The van der Waals surface area contributed by atoms with Gasteiger partial charge in [0.2, 0.25) is 5.82 Å². The van der Waals surface area contributed by atoms with E-state index >= 15 is 0 Å². The average molecular weight is 473 g/mol. The minimum Gasteiger partial charge on any atom is -0.444 e. The first kappa shape index (κ1) is 27.3. The molecular weight excluding hydrogens is 432 g/mol. The summed E-state index contributed by atoms with van der Waals surface area (Å²) in [4.78, 5) is 28.0. The maximum atomic E-state index is 12.2. The molecule has 8 heteroatoms. The van der Waals surface area contributed by atoms with E-state index in [2.05, 4.69) is 39.8 Å². The Hall–Kier alpha value is -2.90. The van der Waals surface area contributed by atoms with E-state index < -0.39 is 17.6 Å². The van der Waals surface area contributed by atoms with Crippen LogP contribution in [0.15, 0.2) is 28.8 Å². The molecule has 0 saturated carbocycles. The smallest absolute Gasteiger partial charge is 0.407 e. The first-order valence-electron chi connectivity index (χ1n) is 12.5. The van der Waals surface area contributed by atoms with Gasteiger partial charge in [-0.2, -0.15) is 4.98 Å². The number of carbonyl (C=O) groups excluding carboxylic acids is 2. The van der Waals surface area contributed by atoms with Gasteiger partial charge < -0.3 is 19.9 Å². The Morgan fingerprint density at radius 1 is 0.912 bits per heavy atom. The lowest BCUT2D eigenvalue weighted by Crippen LogP contribution is -2.37. The summed E-state index contributed by atoms with van der Waals surface area (Å²) in [5, 5.41) is 9.12. The standard InChI is InChI=1S/C26H40N4O4/c1-5-6-7-8-9-10-11-12-13-20-14-16-21(17-15-20)22-29-24(34-30-22)23(31)27-18-19-28-25(32)33-26(2,3)4/h14-17H,5-13,18-19H2,1-4H3,(H,27,31)(H,28,32). The molecule has 0 radical (unpaired) electrons. The molecule has 2 amide bonds. The van der Waals surface area contributed by atoms with E-state index in [1.54, 1.807) is 20.8 Å². The van der Waals surface area contributed by atoms with Crippen molar-refractivity contribution in [2.24, 2.45) is 0 Å². The van der Waals surface area contributed by atoms with Crippen LogP contribution in [0.4, 0.5) is 4.79 Å². The number of ether oxygens (including phenoxy) is 1. The topological polar surface area (TPSA) is 106 Å². The molecule has 188 valence electrons. The van der Waals surface area contributed by atoms with E-state index in [0.29, 0.717) is 5.82 Å². The number of aryl methyl sites for hydroxylation is 1. The van der Waals surface area contributed by atoms with Gasteiger partial charge in [0.25, 0.3) is 0 Å². The fourth-order valence-electron chi connectivity index (χ4n) is 3.45. The monoisotopic (exact) mass is 472 g/mol. The summed E-state index contributed by atoms with van der Waals surface area (Å²) in [6.07, 6.45) is 11.0. The van der Waals surface area contributed by atoms with E-state index in [1.807, 2.05) is 12.1 Å². The molecule has 2 rings (SSSR count). The zero-order valence-corrected chi connectivity index (χ0v) is 21.1. The fraction of sp³-hybridized carbons (Fsp3) is 0.615. The highest BCUT2D eigenvalue weighted by Crippen LogP contribution is 2.18. The third-order valence-corrected chi connectivity index (χ3v) is 5.23. The van der Waals surface area contributed by atoms with Crippen molar-refractivity contribution in [2.45, 2.75) is 91.1 Å². The lowest BCUT2D eigenvalue weighted by atomic mass is 10.0. The van der Waals surface area contributed by atoms with Crippen molar-refractivity contribution in [1.29, 1.82) is 0 Å². The van der Waals surface area contributed by atoms with Crippen LogP contribution >= 0.6 is 0 Å². The number of hydrogen-bond donors (Lipinski definition) is 2. The normalized spacial score (nSPS) is 11.3. The molecule has 1 aromatic carbocycles. The van der Waals surface area contributed by atoms with Crippen LogP contribution in [0, 0.1) is 0 Å². The lowest BCUT2D eigenvalue weighted by molar-refractivity contribution is 0.0526. The Bertz CT molecular complexity index is 872. The van der Waals surface area contributed by atoms with Gasteiger partial charge in [-0.1, -0.05) is 81.3 Å². The quantitative estimate of drug-likeness (QED) is 0.343. The van der Waals surface area contributed by atoms with Crippen molar-refractivity contribution in [1.82, 2.24) is 20.8 Å². The zero-order chi connectivity index (χ0) is 24.8. The summed E-state index contributed by atoms with van der Waals surface area (Å²) >= 11 is 0. The zero-order valence-electron chi connectivity index (χ0n) is 21.1. The maximum absolute atomic E-state index is 12.2. The summed E-state index contributed by atoms with van der Waals surface area (Å²) in [6.45, 7) is 8.03. The van der Waals surface area contributed by atoms with Gasteiger partial charge in [0.15, 0.2) is 0 Å². The highest BCUT2D eigenvalue weighted by atomic mass is 16.6. The van der Waals surface area contributed by atoms with Gasteiger partial charge in [-0.25, -0.2) is 4.79 Å². The van der Waals surface area contributed by atoms with Gasteiger partial charge in [0.1, 0.15) is 5.60 Å². The molecule has 0 unspecified atom stereocenters. The van der Waals surface area contributed by atoms with Crippen molar-refractivity contribution >= 4 is 12.0 Å². The summed E-state index contributed by atoms with van der Waals surface area (Å²) in [6, 6.07) is 8.07. The van der Waals surface area contributed by atoms with Crippen LogP contribution in [0.1, 0.15) is 95.3 Å². The molecule has 0 aliphatic rings. The number of nitrogens with zero attached hydrogens (tertiary/aromatic N) is 2. The van der Waals surface area contributed by atoms with Gasteiger partial charge in [-0.15, -0.1) is 0 Å². The van der Waals surface area contributed by atoms with Crippen LogP contribution in [-0.2, 0) is 11.2 Å². The maximum Gasteiger partial charge on any atom is 0.407 e. The minimum atomic E-state index is -0.570. The molecule has 8 nitrogen and oxygen atoms in total. The van der Waals surface area contributed by atoms with Crippen LogP contribution in [0.2, 0.25) is 0 Å². The number of hydrogen-bond acceptors (Lipinski definition) is 6. The predicted octanol–water partition coefficient (Wildman–Crippen LogP) is 5.67. The fourth-order valence-corrected chi connectivity index (χ4v) is 3.45. The molecule has 0 bridgehead atoms. The molecule has 34 heavy (non-hydrogen) atoms. The average Bonchev–Trinajstić information content (AvgIpc) is 3.28. The number of carbonyl (C=O) groups is 2. The molecule has 0 saturated heterocycles. The third-order valence-electron chi connectivity index (χ3n) is 5.23. The second-order valence-electron chi connectivity index (χ2n) is 9.53. The second-order valence-corrected chi connectivity index (χ2v) is 9.53. The summed E-state index contributed by atoms with van der Waals surface area (Å²) in [5.74, 6) is -0.234. The van der Waals surface area contributed by atoms with Gasteiger partial charge in [0, 0.05) is 18.7 Å². The molecule has 1 aromatic heterocycles. The molecule has 0 spiro atoms. The Labute approximate surface area is 203 Å². The highest BCUT2D eigenvalue weighted by Gasteiger charge is 2.17. The van der Waals surface area contributed by atoms with Crippen molar-refractivity contribution in [3.63, 3.8) is 0 Å². The molecule has 0 fully saturated rings. The third kappa shape index (κ3) is 10.8.